The second-order valence-electron chi connectivity index (χ2n) is 8.74. The van der Waals surface area contributed by atoms with E-state index in [0.29, 0.717) is 17.8 Å². The smallest absolute Gasteiger partial charge is 0.261 e. The van der Waals surface area contributed by atoms with Gasteiger partial charge >= 0.3 is 0 Å². The van der Waals surface area contributed by atoms with Crippen LogP contribution in [0, 0.1) is 6.92 Å². The normalized spacial score (nSPS) is 13.9. The summed E-state index contributed by atoms with van der Waals surface area (Å²) in [7, 11) is -3.82. The van der Waals surface area contributed by atoms with Crippen LogP contribution in [0.3, 0.4) is 0 Å². The van der Waals surface area contributed by atoms with E-state index in [2.05, 4.69) is 39.3 Å². The zero-order chi connectivity index (χ0) is 24.8. The molecule has 7 nitrogen and oxygen atoms in total. The molecule has 1 amide bonds. The molecular formula is C27H32N4O3S. The number of sulfonamides is 1. The summed E-state index contributed by atoms with van der Waals surface area (Å²) in [5, 5.41) is 6.25. The van der Waals surface area contributed by atoms with Crippen molar-refractivity contribution in [2.75, 3.05) is 35.8 Å². The summed E-state index contributed by atoms with van der Waals surface area (Å²) in [5.74, 6) is -0.257. The van der Waals surface area contributed by atoms with Crippen LogP contribution >= 0.6 is 0 Å². The second kappa shape index (κ2) is 10.9. The molecule has 0 bridgehead atoms. The van der Waals surface area contributed by atoms with Crippen molar-refractivity contribution in [2.45, 2.75) is 31.7 Å². The molecule has 1 aliphatic heterocycles. The van der Waals surface area contributed by atoms with Crippen molar-refractivity contribution in [3.8, 4) is 0 Å². The molecule has 4 rings (SSSR count). The van der Waals surface area contributed by atoms with Gasteiger partial charge in [-0.15, -0.1) is 0 Å². The lowest BCUT2D eigenvalue weighted by Crippen LogP contribution is -2.43. The number of nitrogens with one attached hydrogen (secondary N) is 3. The van der Waals surface area contributed by atoms with Gasteiger partial charge < -0.3 is 15.5 Å². The van der Waals surface area contributed by atoms with Crippen molar-refractivity contribution in [1.82, 2.24) is 10.6 Å². The van der Waals surface area contributed by atoms with E-state index in [1.165, 1.54) is 5.56 Å². The molecule has 1 fully saturated rings. The third-order valence-electron chi connectivity index (χ3n) is 6.18. The van der Waals surface area contributed by atoms with E-state index in [-0.39, 0.29) is 10.8 Å². The molecule has 1 heterocycles. The highest BCUT2D eigenvalue weighted by molar-refractivity contribution is 7.92. The number of piperazine rings is 1. The lowest BCUT2D eigenvalue weighted by Gasteiger charge is -2.31. The van der Waals surface area contributed by atoms with Gasteiger partial charge in [-0.05, 0) is 54.8 Å². The fraction of sp³-hybridized carbons (Fsp3) is 0.296. The molecule has 0 unspecified atom stereocenters. The van der Waals surface area contributed by atoms with Crippen molar-refractivity contribution in [3.05, 3.63) is 89.0 Å². The number of carbonyl (C=O) groups is 1. The minimum atomic E-state index is -3.82. The summed E-state index contributed by atoms with van der Waals surface area (Å²) in [5.41, 5.74) is 4.79. The monoisotopic (exact) mass is 492 g/mol. The summed E-state index contributed by atoms with van der Waals surface area (Å²) in [6.45, 7) is 7.52. The standard InChI is InChI=1S/C27H32N4O3S/c1-3-21-6-8-22(9-7-21)19-29-27(32)23-10-13-26(31-16-14-28-15-17-31)25(18-23)30-35(33,34)24-11-4-20(2)5-12-24/h4-13,18,28,30H,3,14-17,19H2,1-2H3,(H,29,32). The van der Waals surface area contributed by atoms with E-state index < -0.39 is 10.0 Å². The number of benzene rings is 3. The molecule has 3 aromatic rings. The van der Waals surface area contributed by atoms with Gasteiger partial charge in [-0.25, -0.2) is 8.42 Å². The van der Waals surface area contributed by atoms with Crippen LogP contribution in [-0.4, -0.2) is 40.5 Å². The number of rotatable bonds is 8. The Morgan fingerprint density at radius 1 is 0.943 bits per heavy atom. The van der Waals surface area contributed by atoms with Crippen LogP contribution < -0.4 is 20.3 Å². The lowest BCUT2D eigenvalue weighted by atomic mass is 10.1. The highest BCUT2D eigenvalue weighted by Crippen LogP contribution is 2.30. The predicted molar refractivity (Wildman–Crippen MR) is 141 cm³/mol. The minimum absolute atomic E-state index is 0.180. The Labute approximate surface area is 207 Å². The Morgan fingerprint density at radius 2 is 1.60 bits per heavy atom. The molecule has 0 aliphatic carbocycles. The van der Waals surface area contributed by atoms with Crippen LogP contribution in [0.4, 0.5) is 11.4 Å². The molecule has 3 aromatic carbocycles. The van der Waals surface area contributed by atoms with Gasteiger partial charge in [0, 0.05) is 38.3 Å². The fourth-order valence-corrected chi connectivity index (χ4v) is 5.10. The van der Waals surface area contributed by atoms with E-state index in [1.54, 1.807) is 36.4 Å². The molecule has 1 aliphatic rings. The summed E-state index contributed by atoms with van der Waals surface area (Å²) in [6, 6.07) is 20.0. The second-order valence-corrected chi connectivity index (χ2v) is 10.4. The van der Waals surface area contributed by atoms with Gasteiger partial charge in [-0.3, -0.25) is 9.52 Å². The third kappa shape index (κ3) is 6.21. The Bertz CT molecular complexity index is 1270. The zero-order valence-electron chi connectivity index (χ0n) is 20.2. The number of hydrogen-bond acceptors (Lipinski definition) is 5. The van der Waals surface area contributed by atoms with Crippen LogP contribution in [0.2, 0.25) is 0 Å². The molecule has 35 heavy (non-hydrogen) atoms. The first-order valence-corrected chi connectivity index (χ1v) is 13.4. The van der Waals surface area contributed by atoms with Crippen molar-refractivity contribution in [3.63, 3.8) is 0 Å². The first-order valence-electron chi connectivity index (χ1n) is 11.9. The van der Waals surface area contributed by atoms with E-state index >= 15 is 0 Å². The topological polar surface area (TPSA) is 90.5 Å². The molecule has 1 saturated heterocycles. The van der Waals surface area contributed by atoms with Gasteiger partial charge in [0.1, 0.15) is 0 Å². The van der Waals surface area contributed by atoms with Crippen molar-refractivity contribution >= 4 is 27.3 Å². The van der Waals surface area contributed by atoms with Gasteiger partial charge in [0.2, 0.25) is 0 Å². The number of amides is 1. The number of hydrogen-bond donors (Lipinski definition) is 3. The molecular weight excluding hydrogens is 460 g/mol. The van der Waals surface area contributed by atoms with Crippen LogP contribution in [0.1, 0.15) is 34.0 Å². The highest BCUT2D eigenvalue weighted by Gasteiger charge is 2.21. The number of nitrogens with zero attached hydrogens (tertiary/aromatic N) is 1. The van der Waals surface area contributed by atoms with Crippen LogP contribution in [0.15, 0.2) is 71.6 Å². The number of aryl methyl sites for hydroxylation is 2. The largest absolute Gasteiger partial charge is 0.367 e. The maximum atomic E-state index is 13.1. The highest BCUT2D eigenvalue weighted by atomic mass is 32.2. The van der Waals surface area contributed by atoms with Crippen molar-refractivity contribution in [1.29, 1.82) is 0 Å². The zero-order valence-corrected chi connectivity index (χ0v) is 21.0. The molecule has 3 N–H and O–H groups in total. The minimum Gasteiger partial charge on any atom is -0.367 e. The van der Waals surface area contributed by atoms with Gasteiger partial charge in [0.15, 0.2) is 0 Å². The lowest BCUT2D eigenvalue weighted by molar-refractivity contribution is 0.0951. The maximum Gasteiger partial charge on any atom is 0.261 e. The van der Waals surface area contributed by atoms with E-state index in [9.17, 15) is 13.2 Å². The number of carbonyl (C=O) groups excluding carboxylic acids is 1. The van der Waals surface area contributed by atoms with Gasteiger partial charge in [0.25, 0.3) is 15.9 Å². The Hall–Kier alpha value is -3.36. The molecule has 184 valence electrons. The summed E-state index contributed by atoms with van der Waals surface area (Å²) < 4.78 is 29.0. The Morgan fingerprint density at radius 3 is 2.26 bits per heavy atom. The molecule has 0 radical (unpaired) electrons. The predicted octanol–water partition coefficient (Wildman–Crippen LogP) is 3.70. The summed E-state index contributed by atoms with van der Waals surface area (Å²) in [6.07, 6.45) is 0.966. The van der Waals surface area contributed by atoms with E-state index in [1.807, 2.05) is 25.1 Å². The van der Waals surface area contributed by atoms with Gasteiger partial charge in [-0.1, -0.05) is 48.9 Å². The first kappa shape index (κ1) is 24.8. The summed E-state index contributed by atoms with van der Waals surface area (Å²) >= 11 is 0. The third-order valence-corrected chi connectivity index (χ3v) is 7.56. The van der Waals surface area contributed by atoms with Crippen LogP contribution in [0.25, 0.3) is 0 Å². The Balaban J connectivity index is 1.58. The SMILES string of the molecule is CCc1ccc(CNC(=O)c2ccc(N3CCNCC3)c(NS(=O)(=O)c3ccc(C)cc3)c2)cc1. The van der Waals surface area contributed by atoms with Crippen molar-refractivity contribution in [2.24, 2.45) is 0 Å². The summed E-state index contributed by atoms with van der Waals surface area (Å²) in [4.78, 5) is 15.2. The van der Waals surface area contributed by atoms with Gasteiger partial charge in [0.05, 0.1) is 16.3 Å². The van der Waals surface area contributed by atoms with E-state index in [4.69, 9.17) is 0 Å². The average Bonchev–Trinajstić information content (AvgIpc) is 2.88. The number of anilines is 2. The molecule has 0 aromatic heterocycles. The average molecular weight is 493 g/mol. The van der Waals surface area contributed by atoms with E-state index in [0.717, 1.165) is 49.4 Å². The quantitative estimate of drug-likeness (QED) is 0.446. The first-order chi connectivity index (χ1) is 16.9. The van der Waals surface area contributed by atoms with Crippen LogP contribution in [0.5, 0.6) is 0 Å². The molecule has 0 saturated carbocycles. The Kier molecular flexibility index (Phi) is 7.73. The molecule has 8 heteroatoms. The van der Waals surface area contributed by atoms with Crippen LogP contribution in [-0.2, 0) is 23.0 Å². The molecule has 0 spiro atoms. The fourth-order valence-electron chi connectivity index (χ4n) is 4.04. The van der Waals surface area contributed by atoms with Gasteiger partial charge in [-0.2, -0.15) is 0 Å². The van der Waals surface area contributed by atoms with Crippen molar-refractivity contribution < 1.29 is 13.2 Å². The molecule has 0 atom stereocenters. The maximum absolute atomic E-state index is 13.1.